The van der Waals surface area contributed by atoms with Gasteiger partial charge in [-0.15, -0.1) is 22.7 Å². The fourth-order valence-electron chi connectivity index (χ4n) is 2.85. The summed E-state index contributed by atoms with van der Waals surface area (Å²) in [5.74, 6) is 0. The molecule has 3 heterocycles. The van der Waals surface area contributed by atoms with E-state index in [-0.39, 0.29) is 0 Å². The summed E-state index contributed by atoms with van der Waals surface area (Å²) in [6.45, 7) is 2.12. The molecule has 22 heavy (non-hydrogen) atoms. The normalized spacial score (nSPS) is 11.9. The van der Waals surface area contributed by atoms with E-state index in [4.69, 9.17) is 4.42 Å². The van der Waals surface area contributed by atoms with E-state index < -0.39 is 0 Å². The Labute approximate surface area is 135 Å². The smallest absolute Gasteiger partial charge is 0.154 e. The van der Waals surface area contributed by atoms with E-state index in [2.05, 4.69) is 61.5 Å². The van der Waals surface area contributed by atoms with E-state index >= 15 is 0 Å². The minimum absolute atomic E-state index is 1.01. The molecular formula is C19H12OS2. The number of fused-ring (bicyclic) bond motifs is 5. The van der Waals surface area contributed by atoms with Crippen molar-refractivity contribution in [2.75, 3.05) is 0 Å². The van der Waals surface area contributed by atoms with Gasteiger partial charge in [-0.25, -0.2) is 0 Å². The summed E-state index contributed by atoms with van der Waals surface area (Å²) in [6, 6.07) is 19.3. The number of thiophene rings is 2. The van der Waals surface area contributed by atoms with E-state index in [1.165, 1.54) is 35.5 Å². The van der Waals surface area contributed by atoms with Crippen LogP contribution in [0.15, 0.2) is 59.0 Å². The Kier molecular flexibility index (Phi) is 2.52. The maximum atomic E-state index is 6.15. The van der Waals surface area contributed by atoms with Crippen LogP contribution >= 0.6 is 22.7 Å². The fourth-order valence-corrected chi connectivity index (χ4v) is 5.20. The second-order valence-corrected chi connectivity index (χ2v) is 7.63. The number of furan rings is 1. The lowest BCUT2D eigenvalue weighted by atomic mass is 10.1. The molecule has 3 aromatic heterocycles. The van der Waals surface area contributed by atoms with E-state index in [1.807, 2.05) is 22.7 Å². The van der Waals surface area contributed by atoms with Crippen LogP contribution < -0.4 is 0 Å². The standard InChI is InChI=1S/C19H12OS2/c1-11-6-8-12(9-7-11)16-10-14-18(22-16)19-17(20-14)13-4-2-3-5-15(13)21-19/h2-10H,1H3. The molecule has 5 aromatic rings. The van der Waals surface area contributed by atoms with Crippen molar-refractivity contribution in [3.05, 3.63) is 60.2 Å². The second-order valence-electron chi connectivity index (χ2n) is 5.53. The number of hydrogen-bond donors (Lipinski definition) is 0. The van der Waals surface area contributed by atoms with Crippen molar-refractivity contribution >= 4 is 53.3 Å². The highest BCUT2D eigenvalue weighted by atomic mass is 32.1. The summed E-state index contributed by atoms with van der Waals surface area (Å²) in [5.41, 5.74) is 4.59. The van der Waals surface area contributed by atoms with Gasteiger partial charge in [0.15, 0.2) is 5.58 Å². The topological polar surface area (TPSA) is 13.1 Å². The van der Waals surface area contributed by atoms with Crippen LogP contribution in [0.3, 0.4) is 0 Å². The average Bonchev–Trinajstić information content (AvgIpc) is 3.17. The molecule has 0 amide bonds. The Balaban J connectivity index is 1.78. The molecule has 0 saturated heterocycles. The maximum Gasteiger partial charge on any atom is 0.154 e. The maximum absolute atomic E-state index is 6.15. The third-order valence-electron chi connectivity index (χ3n) is 4.00. The van der Waals surface area contributed by atoms with Crippen LogP contribution in [0.5, 0.6) is 0 Å². The Bertz CT molecular complexity index is 1120. The predicted octanol–water partition coefficient (Wildman–Crippen LogP) is 6.84. The van der Waals surface area contributed by atoms with Crippen molar-refractivity contribution in [3.8, 4) is 10.4 Å². The minimum Gasteiger partial charge on any atom is -0.454 e. The number of rotatable bonds is 1. The van der Waals surface area contributed by atoms with Gasteiger partial charge < -0.3 is 4.42 Å². The SMILES string of the molecule is Cc1ccc(-c2cc3oc4c5ccccc5sc4c3s2)cc1. The molecule has 3 heteroatoms. The molecule has 0 spiro atoms. The predicted molar refractivity (Wildman–Crippen MR) is 97.2 cm³/mol. The summed E-state index contributed by atoms with van der Waals surface area (Å²) in [7, 11) is 0. The second kappa shape index (κ2) is 4.45. The van der Waals surface area contributed by atoms with Gasteiger partial charge in [-0.3, -0.25) is 0 Å². The largest absolute Gasteiger partial charge is 0.454 e. The zero-order chi connectivity index (χ0) is 14.7. The monoisotopic (exact) mass is 320 g/mol. The van der Waals surface area contributed by atoms with Gasteiger partial charge in [0.1, 0.15) is 5.58 Å². The fraction of sp³-hybridized carbons (Fsp3) is 0.0526. The molecule has 0 aliphatic rings. The molecule has 5 rings (SSSR count). The summed E-state index contributed by atoms with van der Waals surface area (Å²) >= 11 is 3.65. The van der Waals surface area contributed by atoms with Gasteiger partial charge in [0.2, 0.25) is 0 Å². The minimum atomic E-state index is 1.01. The molecule has 0 atom stereocenters. The molecule has 106 valence electrons. The highest BCUT2D eigenvalue weighted by Gasteiger charge is 2.16. The van der Waals surface area contributed by atoms with Crippen LogP contribution in [0.2, 0.25) is 0 Å². The molecule has 1 nitrogen and oxygen atoms in total. The van der Waals surface area contributed by atoms with Crippen molar-refractivity contribution in [2.45, 2.75) is 6.92 Å². The third kappa shape index (κ3) is 1.70. The quantitative estimate of drug-likeness (QED) is 0.329. The van der Waals surface area contributed by atoms with Crippen molar-refractivity contribution in [2.24, 2.45) is 0 Å². The lowest BCUT2D eigenvalue weighted by molar-refractivity contribution is 0.674. The van der Waals surface area contributed by atoms with E-state index in [1.54, 1.807) is 0 Å². The Morgan fingerprint density at radius 2 is 1.68 bits per heavy atom. The molecule has 0 N–H and O–H groups in total. The Morgan fingerprint density at radius 3 is 2.55 bits per heavy atom. The molecule has 0 aliphatic heterocycles. The molecular weight excluding hydrogens is 308 g/mol. The van der Waals surface area contributed by atoms with Crippen molar-refractivity contribution < 1.29 is 4.42 Å². The molecule has 0 unspecified atom stereocenters. The lowest BCUT2D eigenvalue weighted by Gasteiger charge is -1.97. The van der Waals surface area contributed by atoms with E-state index in [9.17, 15) is 0 Å². The first-order valence-corrected chi connectivity index (χ1v) is 8.83. The molecule has 0 saturated carbocycles. The van der Waals surface area contributed by atoms with Crippen LogP contribution in [0.4, 0.5) is 0 Å². The van der Waals surface area contributed by atoms with Crippen LogP contribution in [-0.4, -0.2) is 0 Å². The first-order chi connectivity index (χ1) is 10.8. The lowest BCUT2D eigenvalue weighted by Crippen LogP contribution is -1.73. The highest BCUT2D eigenvalue weighted by Crippen LogP contribution is 2.45. The summed E-state index contributed by atoms with van der Waals surface area (Å²) in [4.78, 5) is 1.27. The van der Waals surface area contributed by atoms with Crippen LogP contribution in [0.1, 0.15) is 5.56 Å². The van der Waals surface area contributed by atoms with Gasteiger partial charge in [0, 0.05) is 21.0 Å². The first-order valence-electron chi connectivity index (χ1n) is 7.20. The van der Waals surface area contributed by atoms with Gasteiger partial charge in [-0.05, 0) is 24.6 Å². The Hall–Kier alpha value is -2.10. The zero-order valence-corrected chi connectivity index (χ0v) is 13.6. The van der Waals surface area contributed by atoms with Gasteiger partial charge in [-0.2, -0.15) is 0 Å². The van der Waals surface area contributed by atoms with E-state index in [0.717, 1.165) is 11.2 Å². The molecule has 0 aliphatic carbocycles. The molecule has 0 radical (unpaired) electrons. The van der Waals surface area contributed by atoms with Gasteiger partial charge >= 0.3 is 0 Å². The number of benzene rings is 2. The first kappa shape index (κ1) is 12.4. The summed E-state index contributed by atoms with van der Waals surface area (Å²) in [5, 5.41) is 1.22. The van der Waals surface area contributed by atoms with Gasteiger partial charge in [-0.1, -0.05) is 42.0 Å². The van der Waals surface area contributed by atoms with E-state index in [0.29, 0.717) is 0 Å². The molecule has 2 aromatic carbocycles. The van der Waals surface area contributed by atoms with Crippen LogP contribution in [0, 0.1) is 6.92 Å². The van der Waals surface area contributed by atoms with Crippen molar-refractivity contribution in [3.63, 3.8) is 0 Å². The van der Waals surface area contributed by atoms with Crippen LogP contribution in [-0.2, 0) is 0 Å². The highest BCUT2D eigenvalue weighted by molar-refractivity contribution is 7.32. The van der Waals surface area contributed by atoms with Crippen LogP contribution in [0.25, 0.3) is 41.1 Å². The summed E-state index contributed by atoms with van der Waals surface area (Å²) < 4.78 is 9.99. The number of aryl methyl sites for hydroxylation is 1. The number of hydrogen-bond acceptors (Lipinski definition) is 3. The van der Waals surface area contributed by atoms with Crippen molar-refractivity contribution in [1.82, 2.24) is 0 Å². The summed E-state index contributed by atoms with van der Waals surface area (Å²) in [6.07, 6.45) is 0. The zero-order valence-electron chi connectivity index (χ0n) is 11.9. The molecule has 0 fully saturated rings. The van der Waals surface area contributed by atoms with Gasteiger partial charge in [0.25, 0.3) is 0 Å². The van der Waals surface area contributed by atoms with Crippen molar-refractivity contribution in [1.29, 1.82) is 0 Å². The van der Waals surface area contributed by atoms with Gasteiger partial charge in [0.05, 0.1) is 9.40 Å². The average molecular weight is 320 g/mol. The Morgan fingerprint density at radius 1 is 0.864 bits per heavy atom. The molecule has 0 bridgehead atoms. The third-order valence-corrected chi connectivity index (χ3v) is 6.48.